The minimum absolute atomic E-state index is 0. The number of anilines is 2. The van der Waals surface area contributed by atoms with Crippen LogP contribution in [0.25, 0.3) is 22.5 Å². The van der Waals surface area contributed by atoms with Crippen LogP contribution in [-0.2, 0) is 13.0 Å². The van der Waals surface area contributed by atoms with Crippen molar-refractivity contribution in [3.05, 3.63) is 119 Å². The molecule has 2 aromatic carbocycles. The molecule has 4 aromatic heterocycles. The Morgan fingerprint density at radius 3 is 1.72 bits per heavy atom. The van der Waals surface area contributed by atoms with Crippen LogP contribution in [0, 0.1) is 0 Å². The van der Waals surface area contributed by atoms with Crippen LogP contribution in [0.3, 0.4) is 0 Å². The van der Waals surface area contributed by atoms with Gasteiger partial charge in [-0.1, -0.05) is 24.3 Å². The molecule has 2 aliphatic heterocycles. The van der Waals surface area contributed by atoms with E-state index in [9.17, 15) is 9.59 Å². The molecule has 8 rings (SSSR count). The van der Waals surface area contributed by atoms with Crippen molar-refractivity contribution in [3.8, 4) is 22.5 Å². The molecule has 2 fully saturated rings. The van der Waals surface area contributed by atoms with Crippen molar-refractivity contribution >= 4 is 34.8 Å². The SMILES string of the molecule is O=C(NCCc1nccs1)c1cccc(-c2ccc(N3CCCC3)nn2)c1.O=C(NCCn1cccn1)c1cccc(-c2ccc(N3CCCC3)nn2)c1.[HH].[HH]. The van der Waals surface area contributed by atoms with Crippen molar-refractivity contribution in [1.29, 1.82) is 0 Å². The summed E-state index contributed by atoms with van der Waals surface area (Å²) in [7, 11) is 0. The number of carbonyl (C=O) groups is 2. The number of nitrogens with zero attached hydrogens (tertiary/aromatic N) is 9. The van der Waals surface area contributed by atoms with Gasteiger partial charge in [-0.15, -0.1) is 31.7 Å². The van der Waals surface area contributed by atoms with E-state index in [1.165, 1.54) is 25.7 Å². The predicted octanol–water partition coefficient (Wildman–Crippen LogP) is 6.04. The highest BCUT2D eigenvalue weighted by atomic mass is 32.1. The lowest BCUT2D eigenvalue weighted by Gasteiger charge is -2.15. The molecule has 14 heteroatoms. The van der Waals surface area contributed by atoms with Crippen molar-refractivity contribution in [3.63, 3.8) is 0 Å². The number of nitrogens with one attached hydrogen (secondary N) is 2. The van der Waals surface area contributed by atoms with Gasteiger partial charge in [0.2, 0.25) is 0 Å². The summed E-state index contributed by atoms with van der Waals surface area (Å²) in [5.74, 6) is 1.65. The largest absolute Gasteiger partial charge is 0.355 e. The number of thiazole rings is 1. The third-order valence-corrected chi connectivity index (χ3v) is 10.1. The standard InChI is InChI=1S/C20H22N6O.C20H21N5OS.2H2/c27-20(21-10-14-26-13-4-9-22-26)17-6-3-5-16(15-17)18-7-8-19(24-23-18)25-11-1-2-12-25;26-20(22-9-8-19-21-10-13-27-19)16-5-3-4-15(14-16)17-6-7-18(24-23-17)25-11-1-2-12-25;;/h3-9,13,15H,1-2,10-12,14H2,(H,21,27);3-7,10,13-14H,1-2,8-9,11-12H2,(H,22,26);2*1H. The van der Waals surface area contributed by atoms with E-state index in [1.54, 1.807) is 34.5 Å². The normalized spacial score (nSPS) is 13.7. The van der Waals surface area contributed by atoms with E-state index in [0.717, 1.165) is 71.8 Å². The second kappa shape index (κ2) is 18.1. The van der Waals surface area contributed by atoms with Gasteiger partial charge in [-0.3, -0.25) is 14.3 Å². The van der Waals surface area contributed by atoms with Gasteiger partial charge in [-0.2, -0.15) is 5.10 Å². The van der Waals surface area contributed by atoms with Crippen LogP contribution in [0.2, 0.25) is 0 Å². The van der Waals surface area contributed by atoms with Crippen LogP contribution in [0.5, 0.6) is 0 Å². The molecular weight excluding hydrogens is 699 g/mol. The Labute approximate surface area is 321 Å². The monoisotopic (exact) mass is 745 g/mol. The summed E-state index contributed by atoms with van der Waals surface area (Å²) in [6.45, 7) is 5.91. The van der Waals surface area contributed by atoms with Crippen LogP contribution in [-0.4, -0.2) is 86.2 Å². The van der Waals surface area contributed by atoms with Gasteiger partial charge >= 0.3 is 0 Å². The predicted molar refractivity (Wildman–Crippen MR) is 215 cm³/mol. The zero-order chi connectivity index (χ0) is 37.0. The first kappa shape index (κ1) is 36.3. The maximum Gasteiger partial charge on any atom is 0.251 e. The van der Waals surface area contributed by atoms with Crippen LogP contribution in [0.15, 0.2) is 103 Å². The summed E-state index contributed by atoms with van der Waals surface area (Å²) in [5.41, 5.74) is 4.55. The summed E-state index contributed by atoms with van der Waals surface area (Å²) in [4.78, 5) is 33.5. The summed E-state index contributed by atoms with van der Waals surface area (Å²) >= 11 is 1.60. The maximum atomic E-state index is 12.4. The Hall–Kier alpha value is -6.02. The molecule has 6 heterocycles. The van der Waals surface area contributed by atoms with Gasteiger partial charge in [0.15, 0.2) is 11.6 Å². The topological polar surface area (TPSA) is 147 Å². The maximum absolute atomic E-state index is 12.4. The van der Waals surface area contributed by atoms with Gasteiger partial charge in [0.1, 0.15) is 0 Å². The fourth-order valence-corrected chi connectivity index (χ4v) is 7.03. The molecule has 0 saturated carbocycles. The second-order valence-corrected chi connectivity index (χ2v) is 14.0. The molecule has 0 radical (unpaired) electrons. The molecule has 0 atom stereocenters. The minimum atomic E-state index is -0.106. The van der Waals surface area contributed by atoms with E-state index in [4.69, 9.17) is 0 Å². The molecule has 2 N–H and O–H groups in total. The van der Waals surface area contributed by atoms with E-state index < -0.39 is 0 Å². The van der Waals surface area contributed by atoms with E-state index >= 15 is 0 Å². The highest BCUT2D eigenvalue weighted by molar-refractivity contribution is 7.09. The molecule has 6 aromatic rings. The average Bonchev–Trinajstić information content (AvgIpc) is 4.08. The van der Waals surface area contributed by atoms with Gasteiger partial charge < -0.3 is 20.4 Å². The quantitative estimate of drug-likeness (QED) is 0.152. The lowest BCUT2D eigenvalue weighted by molar-refractivity contribution is 0.0944. The molecule has 280 valence electrons. The second-order valence-electron chi connectivity index (χ2n) is 13.1. The first-order valence-electron chi connectivity index (χ1n) is 18.4. The zero-order valence-electron chi connectivity index (χ0n) is 30.0. The van der Waals surface area contributed by atoms with Crippen molar-refractivity contribution in [2.45, 2.75) is 38.6 Å². The summed E-state index contributed by atoms with van der Waals surface area (Å²) in [6.07, 6.45) is 11.0. The van der Waals surface area contributed by atoms with Crippen LogP contribution >= 0.6 is 11.3 Å². The number of aromatic nitrogens is 7. The smallest absolute Gasteiger partial charge is 0.251 e. The summed E-state index contributed by atoms with van der Waals surface area (Å²) < 4.78 is 1.79. The van der Waals surface area contributed by atoms with Crippen molar-refractivity contribution in [1.82, 2.24) is 45.8 Å². The number of hydrogen-bond donors (Lipinski definition) is 2. The number of carbonyl (C=O) groups excluding carboxylic acids is 2. The van der Waals surface area contributed by atoms with E-state index in [2.05, 4.69) is 50.9 Å². The van der Waals surface area contributed by atoms with Crippen LogP contribution in [0.1, 0.15) is 54.3 Å². The Morgan fingerprint density at radius 2 is 1.24 bits per heavy atom. The van der Waals surface area contributed by atoms with Gasteiger partial charge in [0, 0.05) is 94.8 Å². The number of benzene rings is 2. The zero-order valence-corrected chi connectivity index (χ0v) is 30.9. The Bertz CT molecular complexity index is 1940. The van der Waals surface area contributed by atoms with Crippen LogP contribution < -0.4 is 20.4 Å². The fourth-order valence-electron chi connectivity index (χ4n) is 6.41. The number of hydrogen-bond acceptors (Lipinski definition) is 11. The first-order chi connectivity index (χ1) is 26.6. The Kier molecular flexibility index (Phi) is 12.2. The Balaban J connectivity index is 0.000000207. The van der Waals surface area contributed by atoms with Crippen molar-refractivity contribution < 1.29 is 12.4 Å². The van der Waals surface area contributed by atoms with E-state index in [-0.39, 0.29) is 14.7 Å². The Morgan fingerprint density at radius 1 is 0.667 bits per heavy atom. The third-order valence-electron chi connectivity index (χ3n) is 9.30. The highest BCUT2D eigenvalue weighted by Crippen LogP contribution is 2.23. The summed E-state index contributed by atoms with van der Waals surface area (Å²) in [6, 6.07) is 24.8. The van der Waals surface area contributed by atoms with Crippen molar-refractivity contribution in [2.24, 2.45) is 0 Å². The molecular formula is C40H47N11O2S. The third kappa shape index (κ3) is 9.69. The molecule has 2 aliphatic rings. The van der Waals surface area contributed by atoms with Crippen LogP contribution in [0.4, 0.5) is 11.6 Å². The van der Waals surface area contributed by atoms with E-state index in [1.807, 2.05) is 84.4 Å². The van der Waals surface area contributed by atoms with Gasteiger partial charge in [0.05, 0.1) is 22.9 Å². The molecule has 54 heavy (non-hydrogen) atoms. The molecule has 0 bridgehead atoms. The van der Waals surface area contributed by atoms with Crippen molar-refractivity contribution in [2.75, 3.05) is 49.1 Å². The minimum Gasteiger partial charge on any atom is -0.355 e. The average molecular weight is 746 g/mol. The fraction of sp³-hybridized carbons (Fsp3) is 0.300. The van der Waals surface area contributed by atoms with Gasteiger partial charge in [0.25, 0.3) is 11.8 Å². The lowest BCUT2D eigenvalue weighted by atomic mass is 10.1. The number of rotatable bonds is 12. The molecule has 13 nitrogen and oxygen atoms in total. The van der Waals surface area contributed by atoms with Gasteiger partial charge in [-0.05, 0) is 80.3 Å². The molecule has 2 amide bonds. The van der Waals surface area contributed by atoms with Gasteiger partial charge in [-0.25, -0.2) is 4.98 Å². The molecule has 2 saturated heterocycles. The lowest BCUT2D eigenvalue weighted by Crippen LogP contribution is -2.27. The molecule has 0 spiro atoms. The highest BCUT2D eigenvalue weighted by Gasteiger charge is 2.16. The first-order valence-corrected chi connectivity index (χ1v) is 19.3. The van der Waals surface area contributed by atoms with E-state index in [0.29, 0.717) is 30.8 Å². The summed E-state index contributed by atoms with van der Waals surface area (Å²) in [5, 5.41) is 30.4. The molecule has 0 aliphatic carbocycles. The number of amides is 2. The molecule has 0 unspecified atom stereocenters.